The van der Waals surface area contributed by atoms with Crippen LogP contribution in [0.4, 0.5) is 0 Å². The molecule has 7 nitrogen and oxygen atoms in total. The van der Waals surface area contributed by atoms with Gasteiger partial charge in [0.15, 0.2) is 5.82 Å². The minimum Gasteiger partial charge on any atom is -0.355 e. The van der Waals surface area contributed by atoms with Gasteiger partial charge in [-0.1, -0.05) is 19.0 Å². The van der Waals surface area contributed by atoms with Crippen molar-refractivity contribution in [2.75, 3.05) is 40.3 Å². The molecule has 1 saturated heterocycles. The van der Waals surface area contributed by atoms with E-state index < -0.39 is 0 Å². The first-order valence-electron chi connectivity index (χ1n) is 8.69. The molecule has 1 N–H and O–H groups in total. The monoisotopic (exact) mass is 337 g/mol. The number of nitrogens with zero attached hydrogens (tertiary/aromatic N) is 4. The largest absolute Gasteiger partial charge is 0.355 e. The van der Waals surface area contributed by atoms with Gasteiger partial charge in [0.05, 0.1) is 6.54 Å². The van der Waals surface area contributed by atoms with E-state index in [1.807, 2.05) is 0 Å². The van der Waals surface area contributed by atoms with Crippen LogP contribution in [0, 0.1) is 18.3 Å². The van der Waals surface area contributed by atoms with Crippen molar-refractivity contribution in [3.8, 4) is 0 Å². The minimum atomic E-state index is 0.0797. The van der Waals surface area contributed by atoms with E-state index in [2.05, 4.69) is 53.2 Å². The molecule has 0 unspecified atom stereocenters. The lowest BCUT2D eigenvalue weighted by Gasteiger charge is -2.32. The fourth-order valence-corrected chi connectivity index (χ4v) is 3.34. The van der Waals surface area contributed by atoms with Gasteiger partial charge in [-0.3, -0.25) is 9.69 Å². The predicted molar refractivity (Wildman–Crippen MR) is 92.4 cm³/mol. The van der Waals surface area contributed by atoms with Crippen molar-refractivity contribution in [2.45, 2.75) is 40.2 Å². The molecule has 136 valence electrons. The summed E-state index contributed by atoms with van der Waals surface area (Å²) in [5.41, 5.74) is 0.0797. The molecule has 0 aromatic carbocycles. The van der Waals surface area contributed by atoms with Gasteiger partial charge in [0.1, 0.15) is 0 Å². The Hall–Kier alpha value is -1.47. The zero-order chi connectivity index (χ0) is 17.7. The summed E-state index contributed by atoms with van der Waals surface area (Å²) in [6.07, 6.45) is 1.77. The number of nitrogens with one attached hydrogen (secondary N) is 1. The molecule has 0 radical (unpaired) electrons. The van der Waals surface area contributed by atoms with Crippen molar-refractivity contribution in [2.24, 2.45) is 11.3 Å². The number of likely N-dealkylation sites (tertiary alicyclic amines) is 1. The molecule has 0 saturated carbocycles. The number of carbonyl (C=O) groups excluding carboxylic acids is 1. The van der Waals surface area contributed by atoms with E-state index >= 15 is 0 Å². The topological polar surface area (TPSA) is 74.5 Å². The first-order chi connectivity index (χ1) is 11.2. The van der Waals surface area contributed by atoms with Crippen molar-refractivity contribution in [3.63, 3.8) is 0 Å². The number of hydrogen-bond donors (Lipinski definition) is 1. The summed E-state index contributed by atoms with van der Waals surface area (Å²) in [5.74, 6) is 1.63. The molecule has 0 atom stereocenters. The van der Waals surface area contributed by atoms with Gasteiger partial charge in [0, 0.05) is 25.9 Å². The van der Waals surface area contributed by atoms with Crippen molar-refractivity contribution >= 4 is 5.91 Å². The van der Waals surface area contributed by atoms with E-state index in [1.165, 1.54) is 0 Å². The molecule has 0 bridgehead atoms. The Bertz CT molecular complexity index is 533. The van der Waals surface area contributed by atoms with E-state index in [0.29, 0.717) is 19.0 Å². The maximum absolute atomic E-state index is 12.4. The van der Waals surface area contributed by atoms with Crippen molar-refractivity contribution in [1.82, 2.24) is 25.3 Å². The third-order valence-electron chi connectivity index (χ3n) is 4.38. The molecule has 2 rings (SSSR count). The first kappa shape index (κ1) is 18.9. The lowest BCUT2D eigenvalue weighted by molar-refractivity contribution is -0.127. The molecular weight excluding hydrogens is 306 g/mol. The summed E-state index contributed by atoms with van der Waals surface area (Å²) in [4.78, 5) is 21.1. The fourth-order valence-electron chi connectivity index (χ4n) is 3.34. The Morgan fingerprint density at radius 1 is 1.38 bits per heavy atom. The predicted octanol–water partition coefficient (Wildman–Crippen LogP) is 1.29. The third kappa shape index (κ3) is 5.87. The Balaban J connectivity index is 1.72. The normalized spacial score (nSPS) is 17.4. The maximum Gasteiger partial charge on any atom is 0.223 e. The van der Waals surface area contributed by atoms with Crippen LogP contribution in [0.5, 0.6) is 0 Å². The van der Waals surface area contributed by atoms with E-state index in [0.717, 1.165) is 38.3 Å². The van der Waals surface area contributed by atoms with E-state index in [-0.39, 0.29) is 17.2 Å². The molecule has 0 spiro atoms. The van der Waals surface area contributed by atoms with E-state index in [9.17, 15) is 4.79 Å². The average molecular weight is 337 g/mol. The smallest absolute Gasteiger partial charge is 0.223 e. The highest BCUT2D eigenvalue weighted by atomic mass is 16.5. The Labute approximate surface area is 144 Å². The first-order valence-corrected chi connectivity index (χ1v) is 8.69. The second kappa shape index (κ2) is 8.07. The molecule has 1 fully saturated rings. The van der Waals surface area contributed by atoms with E-state index in [1.54, 1.807) is 6.92 Å². The Morgan fingerprint density at radius 2 is 2.04 bits per heavy atom. The van der Waals surface area contributed by atoms with Gasteiger partial charge in [-0.2, -0.15) is 4.98 Å². The van der Waals surface area contributed by atoms with Crippen LogP contribution in [0.3, 0.4) is 0 Å². The van der Waals surface area contributed by atoms with Crippen LogP contribution >= 0.6 is 0 Å². The quantitative estimate of drug-likeness (QED) is 0.808. The Kier molecular flexibility index (Phi) is 6.34. The van der Waals surface area contributed by atoms with Gasteiger partial charge in [-0.15, -0.1) is 0 Å². The summed E-state index contributed by atoms with van der Waals surface area (Å²) < 4.78 is 5.00. The van der Waals surface area contributed by atoms with Crippen LogP contribution in [0.2, 0.25) is 0 Å². The molecule has 0 aliphatic carbocycles. The number of hydrogen-bond acceptors (Lipinski definition) is 6. The van der Waals surface area contributed by atoms with Crippen LogP contribution < -0.4 is 5.32 Å². The SMILES string of the molecule is Cc1nc(CN2CCC(C(=O)NCC(C)(C)CN(C)C)CC2)no1. The van der Waals surface area contributed by atoms with Gasteiger partial charge in [0.25, 0.3) is 0 Å². The van der Waals surface area contributed by atoms with Crippen LogP contribution in [0.25, 0.3) is 0 Å². The zero-order valence-electron chi connectivity index (χ0n) is 15.6. The van der Waals surface area contributed by atoms with Crippen LogP contribution in [0.15, 0.2) is 4.52 Å². The minimum absolute atomic E-state index is 0.0797. The lowest BCUT2D eigenvalue weighted by Crippen LogP contribution is -2.44. The zero-order valence-corrected chi connectivity index (χ0v) is 15.6. The summed E-state index contributed by atoms with van der Waals surface area (Å²) >= 11 is 0. The highest BCUT2D eigenvalue weighted by Gasteiger charge is 2.27. The molecule has 1 amide bonds. The number of carbonyl (C=O) groups is 1. The molecule has 2 heterocycles. The highest BCUT2D eigenvalue weighted by molar-refractivity contribution is 5.78. The molecule has 24 heavy (non-hydrogen) atoms. The molecule has 1 aromatic heterocycles. The molecular formula is C17H31N5O2. The lowest BCUT2D eigenvalue weighted by atomic mass is 9.91. The number of aryl methyl sites for hydroxylation is 1. The molecule has 1 aromatic rings. The number of rotatable bonds is 7. The third-order valence-corrected chi connectivity index (χ3v) is 4.38. The highest BCUT2D eigenvalue weighted by Crippen LogP contribution is 2.20. The van der Waals surface area contributed by atoms with Gasteiger partial charge in [-0.25, -0.2) is 0 Å². The van der Waals surface area contributed by atoms with Gasteiger partial charge in [0.2, 0.25) is 11.8 Å². The van der Waals surface area contributed by atoms with Crippen molar-refractivity contribution in [1.29, 1.82) is 0 Å². The summed E-state index contributed by atoms with van der Waals surface area (Å²) in [7, 11) is 4.12. The molecule has 7 heteroatoms. The molecule has 1 aliphatic heterocycles. The van der Waals surface area contributed by atoms with Gasteiger partial charge < -0.3 is 14.7 Å². The van der Waals surface area contributed by atoms with Crippen LogP contribution in [0.1, 0.15) is 38.4 Å². The maximum atomic E-state index is 12.4. The number of aromatic nitrogens is 2. The van der Waals surface area contributed by atoms with Crippen molar-refractivity contribution < 1.29 is 9.32 Å². The summed E-state index contributed by atoms with van der Waals surface area (Å²) in [6.45, 7) is 10.3. The summed E-state index contributed by atoms with van der Waals surface area (Å²) in [5, 5.41) is 7.08. The van der Waals surface area contributed by atoms with E-state index in [4.69, 9.17) is 4.52 Å². The standard InChI is InChI=1S/C17H31N5O2/c1-13-19-15(20-24-13)10-22-8-6-14(7-9-22)16(23)18-11-17(2,3)12-21(4)5/h14H,6-12H2,1-5H3,(H,18,23). The Morgan fingerprint density at radius 3 is 2.58 bits per heavy atom. The van der Waals surface area contributed by atoms with Gasteiger partial charge in [-0.05, 0) is 45.4 Å². The second-order valence-electron chi connectivity index (χ2n) is 7.90. The molecule has 1 aliphatic rings. The number of amides is 1. The van der Waals surface area contributed by atoms with Crippen LogP contribution in [-0.2, 0) is 11.3 Å². The van der Waals surface area contributed by atoms with Gasteiger partial charge >= 0.3 is 0 Å². The fraction of sp³-hybridized carbons (Fsp3) is 0.824. The van der Waals surface area contributed by atoms with Crippen LogP contribution in [-0.4, -0.2) is 66.1 Å². The average Bonchev–Trinajstić information content (AvgIpc) is 2.89. The summed E-state index contributed by atoms with van der Waals surface area (Å²) in [6, 6.07) is 0. The number of piperidine rings is 1. The van der Waals surface area contributed by atoms with Crippen molar-refractivity contribution in [3.05, 3.63) is 11.7 Å². The second-order valence-corrected chi connectivity index (χ2v) is 7.90.